The van der Waals surface area contributed by atoms with Crippen molar-refractivity contribution in [2.45, 2.75) is 13.2 Å². The third-order valence-corrected chi connectivity index (χ3v) is 5.24. The van der Waals surface area contributed by atoms with Gasteiger partial charge in [0.1, 0.15) is 18.0 Å². The van der Waals surface area contributed by atoms with Crippen molar-refractivity contribution in [1.29, 1.82) is 0 Å². The molecule has 4 aromatic rings. The fourth-order valence-corrected chi connectivity index (χ4v) is 3.56. The van der Waals surface area contributed by atoms with Crippen molar-refractivity contribution >= 4 is 21.1 Å². The minimum Gasteiger partial charge on any atom is -0.488 e. The van der Waals surface area contributed by atoms with Gasteiger partial charge in [-0.15, -0.1) is 0 Å². The molecule has 0 atom stereocenters. The number of benzene rings is 2. The maximum absolute atomic E-state index is 11.3. The van der Waals surface area contributed by atoms with Gasteiger partial charge in [-0.05, 0) is 22.8 Å². The van der Waals surface area contributed by atoms with E-state index >= 15 is 0 Å². The predicted molar refractivity (Wildman–Crippen MR) is 114 cm³/mol. The second kappa shape index (κ2) is 8.06. The largest absolute Gasteiger partial charge is 0.488 e. The maximum Gasteiger partial charge on any atom is 0.209 e. The number of sulfonamides is 1. The topological polar surface area (TPSA) is 84.1 Å². The number of hydrogen-bond acceptors (Lipinski definition) is 4. The van der Waals surface area contributed by atoms with Crippen LogP contribution in [0.3, 0.4) is 0 Å². The number of nitrogens with one attached hydrogen (secondary N) is 2. The molecule has 2 heterocycles. The third kappa shape index (κ3) is 4.64. The van der Waals surface area contributed by atoms with Crippen molar-refractivity contribution in [2.24, 2.45) is 0 Å². The van der Waals surface area contributed by atoms with Crippen LogP contribution in [0.25, 0.3) is 22.2 Å². The van der Waals surface area contributed by atoms with Gasteiger partial charge < -0.3 is 9.72 Å². The molecule has 29 heavy (non-hydrogen) atoms. The summed E-state index contributed by atoms with van der Waals surface area (Å²) >= 11 is 0. The van der Waals surface area contributed by atoms with Gasteiger partial charge in [0, 0.05) is 24.5 Å². The molecule has 0 unspecified atom stereocenters. The first-order valence-electron chi connectivity index (χ1n) is 9.16. The summed E-state index contributed by atoms with van der Waals surface area (Å²) in [4.78, 5) is 7.61. The quantitative estimate of drug-likeness (QED) is 0.487. The molecule has 148 valence electrons. The first-order valence-corrected chi connectivity index (χ1v) is 11.1. The summed E-state index contributed by atoms with van der Waals surface area (Å²) in [5, 5.41) is 0.922. The Balaban J connectivity index is 1.61. The van der Waals surface area contributed by atoms with Crippen LogP contribution in [-0.2, 0) is 23.2 Å². The third-order valence-electron chi connectivity index (χ3n) is 4.58. The molecule has 4 rings (SSSR count). The van der Waals surface area contributed by atoms with Gasteiger partial charge in [-0.2, -0.15) is 0 Å². The second-order valence-corrected chi connectivity index (χ2v) is 8.63. The van der Waals surface area contributed by atoms with Gasteiger partial charge in [-0.3, -0.25) is 0 Å². The van der Waals surface area contributed by atoms with E-state index in [1.165, 1.54) is 0 Å². The van der Waals surface area contributed by atoms with Gasteiger partial charge in [0.15, 0.2) is 0 Å². The minimum atomic E-state index is -3.22. The Morgan fingerprint density at radius 3 is 2.48 bits per heavy atom. The van der Waals surface area contributed by atoms with Crippen LogP contribution in [-0.4, -0.2) is 24.6 Å². The van der Waals surface area contributed by atoms with E-state index in [4.69, 9.17) is 4.74 Å². The fourth-order valence-electron chi connectivity index (χ4n) is 3.13. The lowest BCUT2D eigenvalue weighted by Gasteiger charge is -2.09. The van der Waals surface area contributed by atoms with Crippen LogP contribution < -0.4 is 9.46 Å². The molecule has 0 fully saturated rings. The molecular formula is C22H21N3O3S. The Morgan fingerprint density at radius 2 is 1.76 bits per heavy atom. The van der Waals surface area contributed by atoms with Crippen molar-refractivity contribution in [3.63, 3.8) is 0 Å². The Bertz CT molecular complexity index is 1220. The molecule has 2 aromatic heterocycles. The number of rotatable bonds is 7. The number of hydrogen-bond donors (Lipinski definition) is 2. The van der Waals surface area contributed by atoms with Crippen LogP contribution in [0.2, 0.25) is 0 Å². The first kappa shape index (κ1) is 19.2. The molecule has 0 radical (unpaired) electrons. The normalized spacial score (nSPS) is 11.6. The van der Waals surface area contributed by atoms with E-state index in [0.717, 1.165) is 45.3 Å². The fraction of sp³-hybridized carbons (Fsp3) is 0.136. The summed E-state index contributed by atoms with van der Waals surface area (Å²) < 4.78 is 31.1. The molecule has 0 aliphatic rings. The highest BCUT2D eigenvalue weighted by atomic mass is 32.2. The molecule has 0 saturated carbocycles. The number of nitrogens with zero attached hydrogens (tertiary/aromatic N) is 1. The molecule has 0 spiro atoms. The van der Waals surface area contributed by atoms with E-state index < -0.39 is 10.0 Å². The monoisotopic (exact) mass is 407 g/mol. The summed E-state index contributed by atoms with van der Waals surface area (Å²) in [6.07, 6.45) is 4.79. The van der Waals surface area contributed by atoms with Gasteiger partial charge >= 0.3 is 0 Å². The number of aromatic nitrogens is 2. The highest BCUT2D eigenvalue weighted by molar-refractivity contribution is 7.88. The summed E-state index contributed by atoms with van der Waals surface area (Å²) in [5.74, 6) is 0.762. The molecule has 0 saturated heterocycles. The number of ether oxygens (including phenoxy) is 1. The molecule has 0 aliphatic carbocycles. The van der Waals surface area contributed by atoms with E-state index in [0.29, 0.717) is 6.61 Å². The van der Waals surface area contributed by atoms with Crippen molar-refractivity contribution in [1.82, 2.24) is 14.7 Å². The van der Waals surface area contributed by atoms with Crippen LogP contribution in [0.4, 0.5) is 0 Å². The predicted octanol–water partition coefficient (Wildman–Crippen LogP) is 3.86. The molecule has 0 bridgehead atoms. The van der Waals surface area contributed by atoms with E-state index in [9.17, 15) is 8.42 Å². The number of H-pyrrole nitrogens is 1. The first-order chi connectivity index (χ1) is 14.0. The lowest BCUT2D eigenvalue weighted by atomic mass is 10.0. The Kier molecular flexibility index (Phi) is 5.33. The number of pyridine rings is 1. The molecule has 0 amide bonds. The zero-order valence-corrected chi connectivity index (χ0v) is 16.7. The molecule has 2 aromatic carbocycles. The smallest absolute Gasteiger partial charge is 0.209 e. The molecule has 2 N–H and O–H groups in total. The van der Waals surface area contributed by atoms with Crippen LogP contribution in [0.15, 0.2) is 73.1 Å². The highest BCUT2D eigenvalue weighted by Gasteiger charge is 2.13. The standard InChI is InChI=1S/C22H21N3O3S/c1-29(26,27)25-13-16-7-9-18(10-8-16)19-14-24-22-21(19)20(11-12-23-22)28-15-17-5-3-2-4-6-17/h2-12,14,25H,13,15H2,1H3,(H,23,24). The van der Waals surface area contributed by atoms with E-state index in [-0.39, 0.29) is 6.54 Å². The SMILES string of the molecule is CS(=O)(=O)NCc1ccc(-c2c[nH]c3nccc(OCc4ccccc4)c23)cc1. The zero-order valence-electron chi connectivity index (χ0n) is 15.9. The Morgan fingerprint density at radius 1 is 1.00 bits per heavy atom. The van der Waals surface area contributed by atoms with Crippen LogP contribution in [0.5, 0.6) is 5.75 Å². The van der Waals surface area contributed by atoms with Gasteiger partial charge in [-0.1, -0.05) is 54.6 Å². The Labute approximate surface area is 169 Å². The summed E-state index contributed by atoms with van der Waals surface area (Å²) in [7, 11) is -3.22. The molecule has 0 aliphatic heterocycles. The van der Waals surface area contributed by atoms with Gasteiger partial charge in [0.2, 0.25) is 10.0 Å². The molecule has 7 heteroatoms. The van der Waals surface area contributed by atoms with E-state index in [2.05, 4.69) is 14.7 Å². The van der Waals surface area contributed by atoms with Crippen LogP contribution in [0.1, 0.15) is 11.1 Å². The molecular weight excluding hydrogens is 386 g/mol. The maximum atomic E-state index is 11.3. The summed E-state index contributed by atoms with van der Waals surface area (Å²) in [6, 6.07) is 19.6. The average molecular weight is 407 g/mol. The lowest BCUT2D eigenvalue weighted by molar-refractivity contribution is 0.310. The van der Waals surface area contributed by atoms with Crippen molar-refractivity contribution in [2.75, 3.05) is 6.26 Å². The molecule has 6 nitrogen and oxygen atoms in total. The number of fused-ring (bicyclic) bond motifs is 1. The van der Waals surface area contributed by atoms with Gasteiger partial charge in [-0.25, -0.2) is 18.1 Å². The van der Waals surface area contributed by atoms with Crippen molar-refractivity contribution < 1.29 is 13.2 Å². The van der Waals surface area contributed by atoms with E-state index in [1.807, 2.05) is 66.9 Å². The van der Waals surface area contributed by atoms with Gasteiger partial charge in [0.25, 0.3) is 0 Å². The lowest BCUT2D eigenvalue weighted by Crippen LogP contribution is -2.21. The van der Waals surface area contributed by atoms with Crippen LogP contribution >= 0.6 is 0 Å². The van der Waals surface area contributed by atoms with E-state index in [1.54, 1.807) is 6.20 Å². The summed E-state index contributed by atoms with van der Waals surface area (Å²) in [5.41, 5.74) is 4.72. The van der Waals surface area contributed by atoms with Crippen molar-refractivity contribution in [3.05, 3.63) is 84.2 Å². The second-order valence-electron chi connectivity index (χ2n) is 6.80. The van der Waals surface area contributed by atoms with Crippen molar-refractivity contribution in [3.8, 4) is 16.9 Å². The average Bonchev–Trinajstić information content (AvgIpc) is 3.16. The summed E-state index contributed by atoms with van der Waals surface area (Å²) in [6.45, 7) is 0.737. The van der Waals surface area contributed by atoms with Gasteiger partial charge in [0.05, 0.1) is 11.6 Å². The minimum absolute atomic E-state index is 0.264. The zero-order chi connectivity index (χ0) is 20.3. The van der Waals surface area contributed by atoms with Crippen LogP contribution in [0, 0.1) is 0 Å². The Hall–Kier alpha value is -3.16. The highest BCUT2D eigenvalue weighted by Crippen LogP contribution is 2.34. The number of aromatic amines is 1.